The second-order valence-corrected chi connectivity index (χ2v) is 14.7. The predicted molar refractivity (Wildman–Crippen MR) is 167 cm³/mol. The molecule has 2 aliphatic heterocycles. The number of alkyl halides is 2. The molecule has 3 N–H and O–H groups in total. The van der Waals surface area contributed by atoms with Gasteiger partial charge in [-0.1, -0.05) is 22.0 Å². The van der Waals surface area contributed by atoms with Crippen molar-refractivity contribution in [2.75, 3.05) is 25.0 Å². The SMILES string of the molecule is CC(=O)N1CC[C@H]2CC[C@@H](C(=O)N(C)c3ccc(Br)cc3)N2C(=O)[C@@H](NC(=O)c2cc3cc(C(F)(F)P(=O)(O)O)ccc3s2)C1. The van der Waals surface area contributed by atoms with Crippen LogP contribution < -0.4 is 10.2 Å². The van der Waals surface area contributed by atoms with Crippen LogP contribution in [0.1, 0.15) is 41.4 Å². The highest BCUT2D eigenvalue weighted by atomic mass is 79.9. The third kappa shape index (κ3) is 6.54. The van der Waals surface area contributed by atoms with Gasteiger partial charge in [0.05, 0.1) is 4.88 Å². The van der Waals surface area contributed by atoms with Gasteiger partial charge in [-0.05, 0) is 67.1 Å². The fraction of sp³-hybridized carbons (Fsp3) is 0.379. The number of carbonyl (C=O) groups excluding carboxylic acids is 4. The van der Waals surface area contributed by atoms with Crippen molar-refractivity contribution >= 4 is 74.3 Å². The van der Waals surface area contributed by atoms with Crippen LogP contribution in [0.3, 0.4) is 0 Å². The molecule has 3 atom stereocenters. The monoisotopic (exact) mass is 726 g/mol. The molecule has 3 heterocycles. The Balaban J connectivity index is 1.41. The number of halogens is 3. The van der Waals surface area contributed by atoms with Gasteiger partial charge in [-0.25, -0.2) is 0 Å². The molecule has 0 spiro atoms. The standard InChI is InChI=1S/C29H30BrF2N4O7PS/c1-16(37)35-12-11-21-8-9-23(28(40)34(2)20-6-4-19(30)5-7-20)36(21)27(39)22(15-35)33-26(38)25-14-17-13-18(3-10-24(17)45-25)29(31,32)44(41,42)43/h3-7,10,13-14,21-23H,8-9,11-12,15H2,1-2H3,(H,33,38)(H2,41,42,43)/t21-,22+,23+/m1/s1. The molecule has 240 valence electrons. The summed E-state index contributed by atoms with van der Waals surface area (Å²) in [7, 11) is -4.16. The number of benzene rings is 2. The molecule has 4 amide bonds. The molecule has 11 nitrogen and oxygen atoms in total. The lowest BCUT2D eigenvalue weighted by atomic mass is 10.1. The summed E-state index contributed by atoms with van der Waals surface area (Å²) in [5, 5.41) is 2.85. The van der Waals surface area contributed by atoms with Gasteiger partial charge >= 0.3 is 13.3 Å². The Kier molecular flexibility index (Phi) is 9.22. The molecule has 1 aromatic heterocycles. The van der Waals surface area contributed by atoms with Crippen LogP contribution in [0.15, 0.2) is 53.0 Å². The van der Waals surface area contributed by atoms with Crippen molar-refractivity contribution in [1.82, 2.24) is 15.1 Å². The Labute approximate surface area is 269 Å². The third-order valence-corrected chi connectivity index (χ3v) is 10.9. The topological polar surface area (TPSA) is 148 Å². The van der Waals surface area contributed by atoms with E-state index in [0.29, 0.717) is 36.2 Å². The van der Waals surface area contributed by atoms with Crippen molar-refractivity contribution in [3.63, 3.8) is 0 Å². The van der Waals surface area contributed by atoms with E-state index in [0.717, 1.165) is 27.9 Å². The Morgan fingerprint density at radius 2 is 1.78 bits per heavy atom. The number of hydrogen-bond donors (Lipinski definition) is 3. The van der Waals surface area contributed by atoms with Gasteiger partial charge in [0.15, 0.2) is 0 Å². The second-order valence-electron chi connectivity index (χ2n) is 11.1. The fourth-order valence-electron chi connectivity index (χ4n) is 5.77. The number of fused-ring (bicyclic) bond motifs is 2. The molecule has 0 unspecified atom stereocenters. The van der Waals surface area contributed by atoms with Crippen molar-refractivity contribution in [3.05, 3.63) is 63.4 Å². The van der Waals surface area contributed by atoms with Crippen LogP contribution in [0.4, 0.5) is 14.5 Å². The number of rotatable bonds is 6. The Morgan fingerprint density at radius 3 is 2.42 bits per heavy atom. The van der Waals surface area contributed by atoms with E-state index in [-0.39, 0.29) is 34.7 Å². The molecule has 0 saturated carbocycles. The van der Waals surface area contributed by atoms with Crippen LogP contribution in [0.5, 0.6) is 0 Å². The number of likely N-dealkylation sites (N-methyl/N-ethyl adjacent to an activating group) is 1. The van der Waals surface area contributed by atoms with E-state index in [1.54, 1.807) is 31.3 Å². The predicted octanol–water partition coefficient (Wildman–Crippen LogP) is 4.26. The van der Waals surface area contributed by atoms with Gasteiger partial charge in [0.2, 0.25) is 17.7 Å². The third-order valence-electron chi connectivity index (χ3n) is 8.22. The number of carbonyl (C=O) groups is 4. The van der Waals surface area contributed by atoms with Gasteiger partial charge in [0.25, 0.3) is 5.91 Å². The zero-order valence-electron chi connectivity index (χ0n) is 24.2. The van der Waals surface area contributed by atoms with Crippen LogP contribution in [0.2, 0.25) is 0 Å². The highest BCUT2D eigenvalue weighted by molar-refractivity contribution is 9.10. The first-order chi connectivity index (χ1) is 21.1. The molecule has 3 aromatic rings. The molecular formula is C29H30BrF2N4O7PS. The minimum atomic E-state index is -5.79. The first-order valence-corrected chi connectivity index (χ1v) is 17.2. The average Bonchev–Trinajstić information content (AvgIpc) is 3.60. The molecule has 2 saturated heterocycles. The van der Waals surface area contributed by atoms with E-state index >= 15 is 0 Å². The summed E-state index contributed by atoms with van der Waals surface area (Å²) in [5.74, 6) is -1.78. The minimum absolute atomic E-state index is 0.0615. The van der Waals surface area contributed by atoms with Crippen LogP contribution in [-0.2, 0) is 24.6 Å². The van der Waals surface area contributed by atoms with E-state index in [1.165, 1.54) is 33.8 Å². The average molecular weight is 728 g/mol. The maximum absolute atomic E-state index is 14.3. The number of anilines is 1. The van der Waals surface area contributed by atoms with E-state index < -0.39 is 42.7 Å². The summed E-state index contributed by atoms with van der Waals surface area (Å²) < 4.78 is 41.2. The number of thiophene rings is 1. The molecule has 16 heteroatoms. The lowest BCUT2D eigenvalue weighted by Crippen LogP contribution is -2.61. The summed E-state index contributed by atoms with van der Waals surface area (Å²) in [4.78, 5) is 76.4. The summed E-state index contributed by atoms with van der Waals surface area (Å²) in [6.07, 6.45) is 1.42. The molecule has 0 aliphatic carbocycles. The first kappa shape index (κ1) is 33.1. The van der Waals surface area contributed by atoms with Gasteiger partial charge in [-0.2, -0.15) is 8.78 Å². The molecule has 5 rings (SSSR count). The lowest BCUT2D eigenvalue weighted by molar-refractivity contribution is -0.144. The zero-order chi connectivity index (χ0) is 32.8. The normalized spacial score (nSPS) is 20.9. The van der Waals surface area contributed by atoms with Gasteiger partial charge in [0, 0.05) is 53.5 Å². The van der Waals surface area contributed by atoms with Gasteiger partial charge in [-0.3, -0.25) is 23.7 Å². The summed E-state index contributed by atoms with van der Waals surface area (Å²) in [6.45, 7) is 1.56. The minimum Gasteiger partial charge on any atom is -0.340 e. The van der Waals surface area contributed by atoms with E-state index in [1.807, 2.05) is 0 Å². The second kappa shape index (κ2) is 12.5. The molecule has 2 fully saturated rings. The number of hydrogen-bond acceptors (Lipinski definition) is 6. The van der Waals surface area contributed by atoms with Gasteiger partial charge in [-0.15, -0.1) is 11.3 Å². The molecule has 0 bridgehead atoms. The van der Waals surface area contributed by atoms with E-state index in [2.05, 4.69) is 21.2 Å². The number of amides is 4. The largest absolute Gasteiger partial charge is 0.399 e. The highest BCUT2D eigenvalue weighted by Crippen LogP contribution is 2.59. The van der Waals surface area contributed by atoms with Crippen molar-refractivity contribution in [2.24, 2.45) is 0 Å². The maximum Gasteiger partial charge on any atom is 0.399 e. The first-order valence-electron chi connectivity index (χ1n) is 14.0. The van der Waals surface area contributed by atoms with Crippen LogP contribution >= 0.6 is 34.9 Å². The number of nitrogens with one attached hydrogen (secondary N) is 1. The molecular weight excluding hydrogens is 697 g/mol. The summed E-state index contributed by atoms with van der Waals surface area (Å²) >= 11 is 4.32. The Bertz CT molecular complexity index is 1720. The quantitative estimate of drug-likeness (QED) is 0.322. The Hall–Kier alpha value is -3.23. The van der Waals surface area contributed by atoms with Crippen molar-refractivity contribution in [3.8, 4) is 0 Å². The fourth-order valence-corrected chi connectivity index (χ4v) is 7.45. The van der Waals surface area contributed by atoms with E-state index in [4.69, 9.17) is 9.79 Å². The van der Waals surface area contributed by atoms with Gasteiger partial charge in [0.1, 0.15) is 12.1 Å². The number of nitrogens with zero attached hydrogens (tertiary/aromatic N) is 3. The lowest BCUT2D eigenvalue weighted by Gasteiger charge is -2.39. The van der Waals surface area contributed by atoms with Crippen molar-refractivity contribution < 1.29 is 42.3 Å². The van der Waals surface area contributed by atoms with Crippen molar-refractivity contribution in [2.45, 2.75) is 50.0 Å². The summed E-state index contributed by atoms with van der Waals surface area (Å²) in [5.41, 5.74) is -4.67. The van der Waals surface area contributed by atoms with Crippen LogP contribution in [0.25, 0.3) is 10.1 Å². The Morgan fingerprint density at radius 1 is 1.09 bits per heavy atom. The smallest absolute Gasteiger partial charge is 0.340 e. The van der Waals surface area contributed by atoms with E-state index in [9.17, 15) is 32.5 Å². The summed E-state index contributed by atoms with van der Waals surface area (Å²) in [6, 6.07) is 9.18. The zero-order valence-corrected chi connectivity index (χ0v) is 27.4. The van der Waals surface area contributed by atoms with Crippen LogP contribution in [0, 0.1) is 0 Å². The van der Waals surface area contributed by atoms with Crippen LogP contribution in [-0.4, -0.2) is 81.5 Å². The van der Waals surface area contributed by atoms with Crippen molar-refractivity contribution in [1.29, 1.82) is 0 Å². The highest BCUT2D eigenvalue weighted by Gasteiger charge is 2.50. The maximum atomic E-state index is 14.3. The molecule has 2 aromatic carbocycles. The molecule has 45 heavy (non-hydrogen) atoms. The van der Waals surface area contributed by atoms with Gasteiger partial charge < -0.3 is 29.8 Å². The molecule has 0 radical (unpaired) electrons. The molecule has 2 aliphatic rings.